The Morgan fingerprint density at radius 2 is 2.25 bits per heavy atom. The minimum Gasteiger partial charge on any atom is -0.478 e. The lowest BCUT2D eigenvalue weighted by molar-refractivity contribution is 0.0696. The summed E-state index contributed by atoms with van der Waals surface area (Å²) in [6, 6.07) is 1.43. The van der Waals surface area contributed by atoms with E-state index < -0.39 is 5.97 Å². The van der Waals surface area contributed by atoms with E-state index in [2.05, 4.69) is 22.2 Å². The largest absolute Gasteiger partial charge is 0.478 e. The number of likely N-dealkylation sites (tertiary alicyclic amines) is 1. The van der Waals surface area contributed by atoms with Crippen LogP contribution in [0.1, 0.15) is 29.6 Å². The van der Waals surface area contributed by atoms with Crippen molar-refractivity contribution in [2.24, 2.45) is 5.92 Å². The third-order valence-corrected chi connectivity index (χ3v) is 4.06. The van der Waals surface area contributed by atoms with Gasteiger partial charge in [0.1, 0.15) is 5.82 Å². The third kappa shape index (κ3) is 4.08. The molecule has 0 unspecified atom stereocenters. The number of hydrogen-bond donors (Lipinski definition) is 2. The van der Waals surface area contributed by atoms with Crippen LogP contribution in [0.3, 0.4) is 0 Å². The van der Waals surface area contributed by atoms with E-state index in [1.807, 2.05) is 0 Å². The molecule has 5 nitrogen and oxygen atoms in total. The number of piperidine rings is 1. The average Bonchev–Trinajstić information content (AvgIpc) is 2.42. The molecule has 1 fully saturated rings. The Balaban J connectivity index is 1.81. The number of nitrogens with zero attached hydrogens (tertiary/aromatic N) is 2. The van der Waals surface area contributed by atoms with Crippen molar-refractivity contribution in [3.8, 4) is 0 Å². The first-order valence-electron chi connectivity index (χ1n) is 6.87. The highest BCUT2D eigenvalue weighted by molar-refractivity contribution is 6.33. The molecule has 6 heteroatoms. The molecular weight excluding hydrogens is 278 g/mol. The second kappa shape index (κ2) is 6.90. The summed E-state index contributed by atoms with van der Waals surface area (Å²) in [5, 5.41) is 12.4. The van der Waals surface area contributed by atoms with Crippen molar-refractivity contribution in [2.45, 2.75) is 19.3 Å². The quantitative estimate of drug-likeness (QED) is 0.874. The number of halogens is 1. The normalized spacial score (nSPS) is 17.1. The fourth-order valence-electron chi connectivity index (χ4n) is 2.43. The van der Waals surface area contributed by atoms with Crippen LogP contribution in [0.25, 0.3) is 0 Å². The van der Waals surface area contributed by atoms with Crippen LogP contribution in [-0.4, -0.2) is 47.6 Å². The molecule has 1 aliphatic heterocycles. The summed E-state index contributed by atoms with van der Waals surface area (Å²) in [5.74, 6) is 0.289. The van der Waals surface area contributed by atoms with Gasteiger partial charge in [0.25, 0.3) is 0 Å². The highest BCUT2D eigenvalue weighted by Crippen LogP contribution is 2.22. The highest BCUT2D eigenvalue weighted by Gasteiger charge is 2.16. The summed E-state index contributed by atoms with van der Waals surface area (Å²) in [5.41, 5.74) is 0.107. The molecular formula is C14H20ClN3O2. The summed E-state index contributed by atoms with van der Waals surface area (Å²) in [6.07, 6.45) is 4.88. The van der Waals surface area contributed by atoms with Crippen molar-refractivity contribution < 1.29 is 9.90 Å². The first-order chi connectivity index (χ1) is 9.56. The van der Waals surface area contributed by atoms with Gasteiger partial charge in [0, 0.05) is 12.7 Å². The Kier molecular flexibility index (Phi) is 5.20. The number of carboxylic acids is 1. The second-order valence-electron chi connectivity index (χ2n) is 5.32. The van der Waals surface area contributed by atoms with Gasteiger partial charge < -0.3 is 15.3 Å². The molecule has 0 radical (unpaired) electrons. The molecule has 0 saturated carbocycles. The number of aromatic carboxylic acids is 1. The van der Waals surface area contributed by atoms with Crippen LogP contribution >= 0.6 is 11.6 Å². The van der Waals surface area contributed by atoms with Gasteiger partial charge in [0.05, 0.1) is 10.6 Å². The second-order valence-corrected chi connectivity index (χ2v) is 5.73. The number of hydrogen-bond acceptors (Lipinski definition) is 4. The third-order valence-electron chi connectivity index (χ3n) is 3.77. The SMILES string of the molecule is CN1CCC(CCNc2ncc(C(=O)O)cc2Cl)CC1. The van der Waals surface area contributed by atoms with Crippen molar-refractivity contribution >= 4 is 23.4 Å². The van der Waals surface area contributed by atoms with Crippen molar-refractivity contribution in [1.29, 1.82) is 0 Å². The zero-order chi connectivity index (χ0) is 14.5. The molecule has 2 N–H and O–H groups in total. The van der Waals surface area contributed by atoms with Crippen LogP contribution in [0.4, 0.5) is 5.82 Å². The van der Waals surface area contributed by atoms with Crippen LogP contribution in [0.5, 0.6) is 0 Å². The van der Waals surface area contributed by atoms with E-state index in [1.54, 1.807) is 0 Å². The Labute approximate surface area is 123 Å². The van der Waals surface area contributed by atoms with Gasteiger partial charge >= 0.3 is 5.97 Å². The molecule has 1 aromatic rings. The molecule has 2 heterocycles. The summed E-state index contributed by atoms with van der Waals surface area (Å²) in [6.45, 7) is 3.14. The van der Waals surface area contributed by atoms with E-state index in [9.17, 15) is 4.79 Å². The lowest BCUT2D eigenvalue weighted by atomic mass is 9.94. The Hall–Kier alpha value is -1.33. The maximum Gasteiger partial charge on any atom is 0.337 e. The molecule has 0 spiro atoms. The zero-order valence-corrected chi connectivity index (χ0v) is 12.4. The van der Waals surface area contributed by atoms with Gasteiger partial charge in [-0.1, -0.05) is 11.6 Å². The van der Waals surface area contributed by atoms with E-state index >= 15 is 0 Å². The molecule has 1 saturated heterocycles. The maximum atomic E-state index is 10.8. The number of carbonyl (C=O) groups is 1. The number of carboxylic acid groups (broad SMARTS) is 1. The molecule has 2 rings (SSSR count). The number of rotatable bonds is 5. The summed E-state index contributed by atoms with van der Waals surface area (Å²) in [7, 11) is 2.15. The Morgan fingerprint density at radius 3 is 2.85 bits per heavy atom. The zero-order valence-electron chi connectivity index (χ0n) is 11.6. The monoisotopic (exact) mass is 297 g/mol. The lowest BCUT2D eigenvalue weighted by Gasteiger charge is -2.28. The fourth-order valence-corrected chi connectivity index (χ4v) is 2.66. The van der Waals surface area contributed by atoms with Gasteiger partial charge in [0.15, 0.2) is 0 Å². The molecule has 0 bridgehead atoms. The lowest BCUT2D eigenvalue weighted by Crippen LogP contribution is -2.30. The predicted molar refractivity (Wildman–Crippen MR) is 79.5 cm³/mol. The standard InChI is InChI=1S/C14H20ClN3O2/c1-18-6-3-10(4-7-18)2-5-16-13-12(15)8-11(9-17-13)14(19)20/h8-10H,2-7H2,1H3,(H,16,17)(H,19,20). The number of pyridine rings is 1. The van der Waals surface area contributed by atoms with Crippen molar-refractivity contribution in [1.82, 2.24) is 9.88 Å². The molecule has 0 aliphatic carbocycles. The average molecular weight is 298 g/mol. The van der Waals surface area contributed by atoms with E-state index in [0.29, 0.717) is 10.8 Å². The topological polar surface area (TPSA) is 65.5 Å². The van der Waals surface area contributed by atoms with Crippen LogP contribution in [0, 0.1) is 5.92 Å². The van der Waals surface area contributed by atoms with E-state index in [0.717, 1.165) is 32.0 Å². The fraction of sp³-hybridized carbons (Fsp3) is 0.571. The van der Waals surface area contributed by atoms with Crippen molar-refractivity contribution in [2.75, 3.05) is 32.0 Å². The van der Waals surface area contributed by atoms with Gasteiger partial charge in [-0.15, -0.1) is 0 Å². The summed E-state index contributed by atoms with van der Waals surface area (Å²) >= 11 is 6.02. The van der Waals surface area contributed by atoms with Gasteiger partial charge in [-0.3, -0.25) is 0 Å². The maximum absolute atomic E-state index is 10.8. The van der Waals surface area contributed by atoms with Crippen LogP contribution in [0.2, 0.25) is 5.02 Å². The van der Waals surface area contributed by atoms with Crippen LogP contribution in [0.15, 0.2) is 12.3 Å². The van der Waals surface area contributed by atoms with Gasteiger partial charge in [-0.25, -0.2) is 9.78 Å². The number of anilines is 1. The Bertz CT molecular complexity index is 473. The molecule has 110 valence electrons. The molecule has 0 amide bonds. The van der Waals surface area contributed by atoms with Crippen molar-refractivity contribution in [3.05, 3.63) is 22.8 Å². The van der Waals surface area contributed by atoms with E-state index in [1.165, 1.54) is 25.1 Å². The minimum atomic E-state index is -1.02. The van der Waals surface area contributed by atoms with Gasteiger partial charge in [0.2, 0.25) is 0 Å². The first-order valence-corrected chi connectivity index (χ1v) is 7.25. The Morgan fingerprint density at radius 1 is 1.55 bits per heavy atom. The number of aromatic nitrogens is 1. The van der Waals surface area contributed by atoms with E-state index in [-0.39, 0.29) is 5.56 Å². The molecule has 0 atom stereocenters. The van der Waals surface area contributed by atoms with Crippen LogP contribution in [-0.2, 0) is 0 Å². The first kappa shape index (κ1) is 15.1. The smallest absolute Gasteiger partial charge is 0.337 e. The molecule has 20 heavy (non-hydrogen) atoms. The van der Waals surface area contributed by atoms with Gasteiger partial charge in [-0.05, 0) is 51.4 Å². The number of nitrogens with one attached hydrogen (secondary N) is 1. The van der Waals surface area contributed by atoms with Crippen molar-refractivity contribution in [3.63, 3.8) is 0 Å². The van der Waals surface area contributed by atoms with Crippen LogP contribution < -0.4 is 5.32 Å². The summed E-state index contributed by atoms with van der Waals surface area (Å²) in [4.78, 5) is 17.2. The highest BCUT2D eigenvalue weighted by atomic mass is 35.5. The van der Waals surface area contributed by atoms with Gasteiger partial charge in [-0.2, -0.15) is 0 Å². The van der Waals surface area contributed by atoms with E-state index in [4.69, 9.17) is 16.7 Å². The summed E-state index contributed by atoms with van der Waals surface area (Å²) < 4.78 is 0. The molecule has 0 aromatic carbocycles. The molecule has 1 aliphatic rings. The predicted octanol–water partition coefficient (Wildman–Crippen LogP) is 2.58. The minimum absolute atomic E-state index is 0.107. The molecule has 1 aromatic heterocycles.